The van der Waals surface area contributed by atoms with Crippen LogP contribution in [0.2, 0.25) is 0 Å². The maximum absolute atomic E-state index is 13.6. The van der Waals surface area contributed by atoms with Gasteiger partial charge in [0.05, 0.1) is 16.5 Å². The zero-order chi connectivity index (χ0) is 14.9. The summed E-state index contributed by atoms with van der Waals surface area (Å²) >= 11 is 3.24. The second-order valence-electron chi connectivity index (χ2n) is 5.33. The van der Waals surface area contributed by atoms with Crippen LogP contribution in [0.4, 0.5) is 4.39 Å². The van der Waals surface area contributed by atoms with Crippen molar-refractivity contribution in [3.05, 3.63) is 46.2 Å². The molecule has 3 nitrogen and oxygen atoms in total. The molecule has 0 saturated carbocycles. The molecule has 5 heteroatoms. The van der Waals surface area contributed by atoms with Gasteiger partial charge < -0.3 is 10.3 Å². The maximum atomic E-state index is 13.6. The Hall–Kier alpha value is -1.20. The third kappa shape index (κ3) is 2.79. The number of halogens is 2. The van der Waals surface area contributed by atoms with E-state index in [0.717, 1.165) is 16.9 Å². The van der Waals surface area contributed by atoms with Gasteiger partial charge in [0.15, 0.2) is 0 Å². The highest BCUT2D eigenvalue weighted by Gasteiger charge is 2.20. The third-order valence-corrected chi connectivity index (χ3v) is 4.21. The van der Waals surface area contributed by atoms with Crippen molar-refractivity contribution >= 4 is 15.9 Å². The Morgan fingerprint density at radius 3 is 2.70 bits per heavy atom. The molecule has 1 aromatic carbocycles. The number of aromatic nitrogens is 2. The molecule has 0 aliphatic carbocycles. The first kappa shape index (κ1) is 15.2. The molecule has 0 bridgehead atoms. The number of imidazole rings is 1. The van der Waals surface area contributed by atoms with Crippen LogP contribution in [-0.2, 0) is 0 Å². The summed E-state index contributed by atoms with van der Waals surface area (Å²) in [7, 11) is 0. The fourth-order valence-electron chi connectivity index (χ4n) is 2.41. The van der Waals surface area contributed by atoms with E-state index in [2.05, 4.69) is 34.8 Å². The molecule has 1 aromatic heterocycles. The van der Waals surface area contributed by atoms with Crippen LogP contribution in [0.1, 0.15) is 31.0 Å². The average molecular weight is 340 g/mol. The molecule has 0 aliphatic heterocycles. The topological polar surface area (TPSA) is 43.8 Å². The van der Waals surface area contributed by atoms with Crippen molar-refractivity contribution in [2.45, 2.75) is 26.7 Å². The predicted molar refractivity (Wildman–Crippen MR) is 82.6 cm³/mol. The van der Waals surface area contributed by atoms with Crippen molar-refractivity contribution in [3.8, 4) is 5.69 Å². The summed E-state index contributed by atoms with van der Waals surface area (Å²) < 4.78 is 16.0. The van der Waals surface area contributed by atoms with Crippen molar-refractivity contribution in [2.24, 2.45) is 11.7 Å². The number of aryl methyl sites for hydroxylation is 1. The van der Waals surface area contributed by atoms with Crippen molar-refractivity contribution in [1.29, 1.82) is 0 Å². The number of benzene rings is 1. The molecule has 0 spiro atoms. The monoisotopic (exact) mass is 339 g/mol. The summed E-state index contributed by atoms with van der Waals surface area (Å²) in [5, 5.41) is 0. The lowest BCUT2D eigenvalue weighted by Crippen LogP contribution is -2.20. The van der Waals surface area contributed by atoms with Crippen molar-refractivity contribution in [3.63, 3.8) is 0 Å². The van der Waals surface area contributed by atoms with E-state index in [0.29, 0.717) is 16.9 Å². The van der Waals surface area contributed by atoms with Gasteiger partial charge in [-0.1, -0.05) is 13.8 Å². The van der Waals surface area contributed by atoms with E-state index in [4.69, 9.17) is 5.73 Å². The Balaban J connectivity index is 2.55. The van der Waals surface area contributed by atoms with Gasteiger partial charge in [-0.3, -0.25) is 0 Å². The molecule has 1 unspecified atom stereocenters. The van der Waals surface area contributed by atoms with Crippen LogP contribution < -0.4 is 5.73 Å². The normalized spacial score (nSPS) is 12.9. The van der Waals surface area contributed by atoms with Crippen molar-refractivity contribution < 1.29 is 4.39 Å². The van der Waals surface area contributed by atoms with Crippen LogP contribution in [-0.4, -0.2) is 16.1 Å². The number of rotatable bonds is 4. The molecule has 1 heterocycles. The molecule has 0 fully saturated rings. The first-order valence-corrected chi connectivity index (χ1v) is 7.43. The van der Waals surface area contributed by atoms with Gasteiger partial charge in [-0.15, -0.1) is 0 Å². The average Bonchev–Trinajstić information content (AvgIpc) is 2.83. The third-order valence-electron chi connectivity index (χ3n) is 3.60. The van der Waals surface area contributed by atoms with Gasteiger partial charge in [0.1, 0.15) is 5.82 Å². The van der Waals surface area contributed by atoms with Gasteiger partial charge in [0.2, 0.25) is 0 Å². The first-order chi connectivity index (χ1) is 9.45. The summed E-state index contributed by atoms with van der Waals surface area (Å²) in [6.07, 6.45) is 3.60. The highest BCUT2D eigenvalue weighted by molar-refractivity contribution is 9.10. The predicted octanol–water partition coefficient (Wildman–Crippen LogP) is 3.78. The Bertz CT molecular complexity index is 607. The summed E-state index contributed by atoms with van der Waals surface area (Å²) in [4.78, 5) is 4.24. The van der Waals surface area contributed by atoms with Crippen LogP contribution in [0.25, 0.3) is 5.69 Å². The molecule has 0 aliphatic rings. The van der Waals surface area contributed by atoms with E-state index in [1.54, 1.807) is 12.4 Å². The van der Waals surface area contributed by atoms with Crippen LogP contribution >= 0.6 is 15.9 Å². The number of nitrogens with zero attached hydrogens (tertiary/aromatic N) is 2. The van der Waals surface area contributed by atoms with Crippen LogP contribution in [0.3, 0.4) is 0 Å². The molecule has 0 saturated heterocycles. The van der Waals surface area contributed by atoms with E-state index in [1.807, 2.05) is 17.7 Å². The summed E-state index contributed by atoms with van der Waals surface area (Å²) in [5.74, 6) is 0.382. The number of hydrogen-bond acceptors (Lipinski definition) is 2. The molecule has 20 heavy (non-hydrogen) atoms. The van der Waals surface area contributed by atoms with Crippen molar-refractivity contribution in [2.75, 3.05) is 6.54 Å². The van der Waals surface area contributed by atoms with Crippen molar-refractivity contribution in [1.82, 2.24) is 9.55 Å². The minimum Gasteiger partial charge on any atom is -0.330 e. The second-order valence-corrected chi connectivity index (χ2v) is 6.18. The fourth-order valence-corrected chi connectivity index (χ4v) is 2.74. The van der Waals surface area contributed by atoms with Gasteiger partial charge in [0.25, 0.3) is 0 Å². The quantitative estimate of drug-likeness (QED) is 0.921. The lowest BCUT2D eigenvalue weighted by atomic mass is 9.92. The SMILES string of the molecule is Cc1cc(F)c(Br)cc1-n1cncc1C(CN)C(C)C. The van der Waals surface area contributed by atoms with Crippen LogP contribution in [0, 0.1) is 18.7 Å². The Labute approximate surface area is 127 Å². The molecule has 2 aromatic rings. The molecular weight excluding hydrogens is 321 g/mol. The molecule has 2 rings (SSSR count). The van der Waals surface area contributed by atoms with Gasteiger partial charge >= 0.3 is 0 Å². The Morgan fingerprint density at radius 2 is 2.10 bits per heavy atom. The molecular formula is C15H19BrFN3. The zero-order valence-corrected chi connectivity index (χ0v) is 13.5. The second kappa shape index (κ2) is 6.06. The van der Waals surface area contributed by atoms with Gasteiger partial charge in [-0.2, -0.15) is 0 Å². The maximum Gasteiger partial charge on any atom is 0.137 e. The summed E-state index contributed by atoms with van der Waals surface area (Å²) in [6.45, 7) is 6.73. The van der Waals surface area contributed by atoms with E-state index in [1.165, 1.54) is 6.07 Å². The number of nitrogens with two attached hydrogens (primary N) is 1. The summed E-state index contributed by atoms with van der Waals surface area (Å²) in [6, 6.07) is 3.31. The van der Waals surface area contributed by atoms with E-state index >= 15 is 0 Å². The Kier molecular flexibility index (Phi) is 4.60. The lowest BCUT2D eigenvalue weighted by Gasteiger charge is -2.21. The molecule has 108 valence electrons. The highest BCUT2D eigenvalue weighted by Crippen LogP contribution is 2.29. The highest BCUT2D eigenvalue weighted by atomic mass is 79.9. The van der Waals surface area contributed by atoms with E-state index in [-0.39, 0.29) is 11.7 Å². The number of hydrogen-bond donors (Lipinski definition) is 1. The lowest BCUT2D eigenvalue weighted by molar-refractivity contribution is 0.489. The van der Waals surface area contributed by atoms with E-state index < -0.39 is 0 Å². The molecule has 0 amide bonds. The van der Waals surface area contributed by atoms with E-state index in [9.17, 15) is 4.39 Å². The van der Waals surface area contributed by atoms with Crippen LogP contribution in [0.15, 0.2) is 29.1 Å². The minimum absolute atomic E-state index is 0.223. The standard InChI is InChI=1S/C15H19BrFN3/c1-9(2)11(6-18)15-7-19-8-20(15)14-5-12(16)13(17)4-10(14)3/h4-5,7-9,11H,6,18H2,1-3H3. The van der Waals surface area contributed by atoms with Crippen LogP contribution in [0.5, 0.6) is 0 Å². The summed E-state index contributed by atoms with van der Waals surface area (Å²) in [5.41, 5.74) is 8.74. The van der Waals surface area contributed by atoms with Gasteiger partial charge in [0, 0.05) is 24.4 Å². The first-order valence-electron chi connectivity index (χ1n) is 6.64. The largest absolute Gasteiger partial charge is 0.330 e. The zero-order valence-electron chi connectivity index (χ0n) is 11.9. The molecule has 0 radical (unpaired) electrons. The molecule has 1 atom stereocenters. The Morgan fingerprint density at radius 1 is 1.40 bits per heavy atom. The minimum atomic E-state index is -0.257. The van der Waals surface area contributed by atoms with Gasteiger partial charge in [-0.05, 0) is 46.5 Å². The smallest absolute Gasteiger partial charge is 0.137 e. The molecule has 2 N–H and O–H groups in total. The fraction of sp³-hybridized carbons (Fsp3) is 0.400. The van der Waals surface area contributed by atoms with Gasteiger partial charge in [-0.25, -0.2) is 9.37 Å².